The number of nitrogens with zero attached hydrogens (tertiary/aromatic N) is 3. The fourth-order valence-corrected chi connectivity index (χ4v) is 5.38. The number of carbonyl (C=O) groups is 2. The van der Waals surface area contributed by atoms with Crippen molar-refractivity contribution >= 4 is 59.6 Å². The van der Waals surface area contributed by atoms with E-state index in [1.807, 2.05) is 6.07 Å². The Morgan fingerprint density at radius 1 is 1.18 bits per heavy atom. The third-order valence-corrected chi connectivity index (χ3v) is 7.14. The van der Waals surface area contributed by atoms with Crippen molar-refractivity contribution in [2.75, 3.05) is 26.0 Å². The predicted molar refractivity (Wildman–Crippen MR) is 142 cm³/mol. The summed E-state index contributed by atoms with van der Waals surface area (Å²) in [5, 5.41) is 5.10. The molecule has 0 saturated heterocycles. The van der Waals surface area contributed by atoms with Gasteiger partial charge >= 0.3 is 6.03 Å². The van der Waals surface area contributed by atoms with E-state index in [9.17, 15) is 9.59 Å². The number of methoxy groups -OCH3 is 1. The molecule has 3 amide bonds. The van der Waals surface area contributed by atoms with E-state index in [0.29, 0.717) is 31.0 Å². The Bertz CT molecular complexity index is 1250. The molecule has 0 saturated carbocycles. The first kappa shape index (κ1) is 24.0. The number of pyridine rings is 1. The molecule has 34 heavy (non-hydrogen) atoms. The Hall–Kier alpha value is -3.12. The average Bonchev–Trinajstić information content (AvgIpc) is 3.22. The molecule has 0 bridgehead atoms. The standard InChI is InChI=1S/C24H27IN6O3/c1-34-14-10-19-29-20-21(17-9-11-25-15-18(17)28-22(20)26)31(19)13-6-5-12-27-24(33)30-23(32)16-7-3-2-4-8-16/h2-4,7-9,11,15H,5-6,10,12-14H2,1H3,(H2,26,28)(H2,27,30,32,33). The van der Waals surface area contributed by atoms with Crippen LogP contribution in [0.15, 0.2) is 34.4 Å². The summed E-state index contributed by atoms with van der Waals surface area (Å²) in [6, 6.07) is 8.15. The van der Waals surface area contributed by atoms with Crippen LogP contribution in [0, 0.1) is 0 Å². The fraction of sp³-hybridized carbons (Fsp3) is 0.292. The van der Waals surface area contributed by atoms with Crippen LogP contribution in [0.1, 0.15) is 40.3 Å². The molecule has 3 aromatic rings. The van der Waals surface area contributed by atoms with Gasteiger partial charge in [-0.05, 0) is 39.1 Å². The summed E-state index contributed by atoms with van der Waals surface area (Å²) in [7, 11) is 1.67. The molecule has 0 aliphatic carbocycles. The van der Waals surface area contributed by atoms with Gasteiger partial charge in [0.15, 0.2) is 5.82 Å². The number of carbonyl (C=O) groups excluding carboxylic acids is 2. The van der Waals surface area contributed by atoms with Gasteiger partial charge < -0.3 is 20.4 Å². The maximum atomic E-state index is 12.1. The third kappa shape index (κ3) is 5.50. The normalized spacial score (nSPS) is 12.3. The lowest BCUT2D eigenvalue weighted by molar-refractivity contribution is 0.0964. The Morgan fingerprint density at radius 2 is 2.00 bits per heavy atom. The molecule has 3 heterocycles. The second kappa shape index (κ2) is 11.3. The van der Waals surface area contributed by atoms with Crippen LogP contribution in [0.3, 0.4) is 0 Å². The average molecular weight is 574 g/mol. The van der Waals surface area contributed by atoms with E-state index in [2.05, 4.69) is 34.4 Å². The number of urea groups is 1. The van der Waals surface area contributed by atoms with E-state index in [1.165, 1.54) is 0 Å². The van der Waals surface area contributed by atoms with Crippen LogP contribution in [-0.4, -0.2) is 50.7 Å². The number of nitrogens with one attached hydrogen (secondary N) is 2. The van der Waals surface area contributed by atoms with Crippen molar-refractivity contribution in [3.63, 3.8) is 0 Å². The Morgan fingerprint density at radius 3 is 2.79 bits per heavy atom. The lowest BCUT2D eigenvalue weighted by atomic mass is 10.1. The van der Waals surface area contributed by atoms with Crippen LogP contribution in [0.25, 0.3) is 17.1 Å². The van der Waals surface area contributed by atoms with E-state index in [1.54, 1.807) is 31.4 Å². The van der Waals surface area contributed by atoms with Crippen molar-refractivity contribution in [2.24, 2.45) is 0 Å². The zero-order chi connectivity index (χ0) is 23.9. The van der Waals surface area contributed by atoms with Gasteiger partial charge in [-0.3, -0.25) is 10.1 Å². The van der Waals surface area contributed by atoms with Gasteiger partial charge in [0.1, 0.15) is 11.3 Å². The molecular formula is C24H27IN6O3. The van der Waals surface area contributed by atoms with Crippen LogP contribution in [0.5, 0.6) is 0 Å². The van der Waals surface area contributed by atoms with Gasteiger partial charge in [-0.25, -0.2) is 14.8 Å². The van der Waals surface area contributed by atoms with Gasteiger partial charge in [-0.2, -0.15) is 0 Å². The molecule has 1 aromatic carbocycles. The van der Waals surface area contributed by atoms with Crippen molar-refractivity contribution in [3.8, 4) is 0 Å². The third-order valence-electron chi connectivity index (χ3n) is 5.42. The Balaban J connectivity index is 1.39. The number of aromatic nitrogens is 3. The number of ether oxygens (including phenoxy) is 1. The SMILES string of the molecule is COCCc1nc2c(N)nc3c(c2n1CCCCNC(=O)NC(=O)c1ccccc1)C=CI=C3. The zero-order valence-corrected chi connectivity index (χ0v) is 21.0. The number of nitrogens with two attached hydrogens (primary N) is 1. The molecule has 0 radical (unpaired) electrons. The van der Waals surface area contributed by atoms with E-state index in [0.717, 1.165) is 47.5 Å². The summed E-state index contributed by atoms with van der Waals surface area (Å²) in [6.07, 6.45) is 4.36. The molecule has 1 aliphatic heterocycles. The molecule has 10 heteroatoms. The largest absolute Gasteiger partial charge is 0.384 e. The number of hydrogen-bond donors (Lipinski definition) is 3. The zero-order valence-electron chi connectivity index (χ0n) is 18.9. The highest BCUT2D eigenvalue weighted by Crippen LogP contribution is 2.31. The molecule has 178 valence electrons. The van der Waals surface area contributed by atoms with Gasteiger partial charge in [-0.15, -0.1) is 0 Å². The number of anilines is 1. The summed E-state index contributed by atoms with van der Waals surface area (Å²) in [6.45, 7) is 1.73. The first-order chi connectivity index (χ1) is 16.6. The first-order valence-electron chi connectivity index (χ1n) is 11.0. The smallest absolute Gasteiger partial charge is 0.321 e. The van der Waals surface area contributed by atoms with Crippen LogP contribution < -0.4 is 16.4 Å². The quantitative estimate of drug-likeness (QED) is 0.267. The molecule has 0 atom stereocenters. The number of unbranched alkanes of at least 4 members (excludes halogenated alkanes) is 1. The summed E-state index contributed by atoms with van der Waals surface area (Å²) in [5.41, 5.74) is 10.4. The highest BCUT2D eigenvalue weighted by Gasteiger charge is 2.19. The maximum absolute atomic E-state index is 12.1. The van der Waals surface area contributed by atoms with Crippen LogP contribution in [0.4, 0.5) is 10.6 Å². The van der Waals surface area contributed by atoms with Crippen LogP contribution in [0.2, 0.25) is 0 Å². The van der Waals surface area contributed by atoms with Crippen molar-refractivity contribution in [2.45, 2.75) is 25.8 Å². The Labute approximate surface area is 207 Å². The first-order valence-corrected chi connectivity index (χ1v) is 13.5. The van der Waals surface area contributed by atoms with E-state index in [-0.39, 0.29) is 20.7 Å². The summed E-state index contributed by atoms with van der Waals surface area (Å²) >= 11 is -0.145. The highest BCUT2D eigenvalue weighted by atomic mass is 127. The van der Waals surface area contributed by atoms with Gasteiger partial charge in [0.25, 0.3) is 5.91 Å². The van der Waals surface area contributed by atoms with Gasteiger partial charge in [-0.1, -0.05) is 38.9 Å². The Kier molecular flexibility index (Phi) is 8.01. The minimum atomic E-state index is -0.500. The van der Waals surface area contributed by atoms with Gasteiger partial charge in [0.2, 0.25) is 0 Å². The minimum Gasteiger partial charge on any atom is -0.384 e. The number of nitrogen functional groups attached to an aromatic ring is 1. The van der Waals surface area contributed by atoms with Crippen LogP contribution >= 0.6 is 20.7 Å². The lowest BCUT2D eigenvalue weighted by Gasteiger charge is -2.13. The molecule has 4 rings (SSSR count). The summed E-state index contributed by atoms with van der Waals surface area (Å²) < 4.78 is 11.9. The van der Waals surface area contributed by atoms with Gasteiger partial charge in [0.05, 0.1) is 17.8 Å². The monoisotopic (exact) mass is 574 g/mol. The van der Waals surface area contributed by atoms with E-state index < -0.39 is 11.9 Å². The maximum Gasteiger partial charge on any atom is 0.321 e. The number of halogens is 1. The molecular weight excluding hydrogens is 547 g/mol. The van der Waals surface area contributed by atoms with Crippen molar-refractivity contribution in [1.29, 1.82) is 0 Å². The second-order valence-electron chi connectivity index (χ2n) is 7.73. The molecule has 9 nitrogen and oxygen atoms in total. The minimum absolute atomic E-state index is 0.145. The number of imide groups is 1. The molecule has 1 aliphatic rings. The highest BCUT2D eigenvalue weighted by molar-refractivity contribution is 14.2. The number of rotatable bonds is 9. The number of aryl methyl sites for hydroxylation is 1. The second-order valence-corrected chi connectivity index (χ2v) is 9.79. The van der Waals surface area contributed by atoms with Crippen LogP contribution in [-0.2, 0) is 17.7 Å². The fourth-order valence-electron chi connectivity index (χ4n) is 3.79. The van der Waals surface area contributed by atoms with Crippen molar-refractivity contribution in [3.05, 3.63) is 57.1 Å². The molecule has 0 unspecified atom stereocenters. The number of imidazole rings is 1. The van der Waals surface area contributed by atoms with Gasteiger partial charge in [0, 0.05) is 37.7 Å². The lowest BCUT2D eigenvalue weighted by Crippen LogP contribution is -2.39. The molecule has 0 spiro atoms. The van der Waals surface area contributed by atoms with Crippen molar-refractivity contribution < 1.29 is 14.3 Å². The summed E-state index contributed by atoms with van der Waals surface area (Å²) in [4.78, 5) is 33.5. The van der Waals surface area contributed by atoms with E-state index >= 15 is 0 Å². The number of fused-ring (bicyclic) bond motifs is 3. The summed E-state index contributed by atoms with van der Waals surface area (Å²) in [5.74, 6) is 0.934. The van der Waals surface area contributed by atoms with Crippen molar-refractivity contribution in [1.82, 2.24) is 25.2 Å². The molecule has 0 fully saturated rings. The topological polar surface area (TPSA) is 124 Å². The van der Waals surface area contributed by atoms with E-state index in [4.69, 9.17) is 15.5 Å². The number of hydrogen-bond acceptors (Lipinski definition) is 6. The number of benzene rings is 1. The molecule has 4 N–H and O–H groups in total. The molecule has 2 aromatic heterocycles. The predicted octanol–water partition coefficient (Wildman–Crippen LogP) is 3.23. The number of amides is 3.